The van der Waals surface area contributed by atoms with Gasteiger partial charge in [0.05, 0.1) is 18.7 Å². The molecule has 4 aromatic rings. The third-order valence-electron chi connectivity index (χ3n) is 6.58. The zero-order valence-electron chi connectivity index (χ0n) is 18.7. The molecule has 0 spiro atoms. The van der Waals surface area contributed by atoms with Gasteiger partial charge in [0, 0.05) is 11.1 Å². The summed E-state index contributed by atoms with van der Waals surface area (Å²) in [6.45, 7) is 4.37. The molecule has 5 rings (SSSR count). The van der Waals surface area contributed by atoms with Crippen molar-refractivity contribution in [2.45, 2.75) is 32.4 Å². The Kier molecular flexibility index (Phi) is 5.10. The zero-order valence-corrected chi connectivity index (χ0v) is 18.7. The molecule has 1 heterocycles. The van der Waals surface area contributed by atoms with Crippen LogP contribution in [0.25, 0.3) is 10.8 Å². The third kappa shape index (κ3) is 3.53. The molecule has 1 atom stereocenters. The minimum Gasteiger partial charge on any atom is -0.375 e. The van der Waals surface area contributed by atoms with Crippen LogP contribution < -0.4 is 4.90 Å². The molecule has 1 N–H and O–H groups in total. The van der Waals surface area contributed by atoms with Crippen LogP contribution in [0.2, 0.25) is 0 Å². The van der Waals surface area contributed by atoms with Gasteiger partial charge in [-0.05, 0) is 41.8 Å². The molecule has 0 saturated carbocycles. The molecule has 164 valence electrons. The number of ketones is 1. The molecule has 0 saturated heterocycles. The third-order valence-corrected chi connectivity index (χ3v) is 6.58. The standard InChI is InChI=1S/C29H25NO3/c1-19-14-15-20(2)22(16-19)18-30-26-13-6-5-12-25(26)29(33,28(30)32)17-27(31)24-11-7-9-21-8-3-4-10-23(21)24/h3-16,33H,17-18H2,1-2H3/t29-/m1/s1. The number of carbonyl (C=O) groups is 2. The van der Waals surface area contributed by atoms with Crippen molar-refractivity contribution in [2.75, 3.05) is 4.90 Å². The maximum atomic E-state index is 13.6. The average molecular weight is 436 g/mol. The fraction of sp³-hybridized carbons (Fsp3) is 0.172. The number of carbonyl (C=O) groups excluding carboxylic acids is 2. The highest BCUT2D eigenvalue weighted by Gasteiger charge is 2.50. The average Bonchev–Trinajstić information content (AvgIpc) is 3.03. The van der Waals surface area contributed by atoms with E-state index in [9.17, 15) is 14.7 Å². The number of fused-ring (bicyclic) bond motifs is 2. The van der Waals surface area contributed by atoms with E-state index in [-0.39, 0.29) is 12.2 Å². The first kappa shape index (κ1) is 21.1. The fourth-order valence-electron chi connectivity index (χ4n) is 4.77. The fourth-order valence-corrected chi connectivity index (χ4v) is 4.77. The second-order valence-corrected chi connectivity index (χ2v) is 8.83. The van der Waals surface area contributed by atoms with Gasteiger partial charge in [0.2, 0.25) is 0 Å². The quantitative estimate of drug-likeness (QED) is 0.423. The van der Waals surface area contributed by atoms with E-state index in [4.69, 9.17) is 0 Å². The summed E-state index contributed by atoms with van der Waals surface area (Å²) in [5.41, 5.74) is 2.95. The molecule has 0 aliphatic carbocycles. The van der Waals surface area contributed by atoms with Crippen LogP contribution in [0.15, 0.2) is 84.9 Å². The number of para-hydroxylation sites is 1. The van der Waals surface area contributed by atoms with Crippen LogP contribution in [0, 0.1) is 13.8 Å². The van der Waals surface area contributed by atoms with Crippen molar-refractivity contribution < 1.29 is 14.7 Å². The number of anilines is 1. The van der Waals surface area contributed by atoms with Gasteiger partial charge in [0.1, 0.15) is 0 Å². The predicted molar refractivity (Wildman–Crippen MR) is 130 cm³/mol. The molecule has 0 radical (unpaired) electrons. The molecular formula is C29H25NO3. The van der Waals surface area contributed by atoms with E-state index in [0.717, 1.165) is 27.5 Å². The van der Waals surface area contributed by atoms with Crippen LogP contribution in [0.3, 0.4) is 0 Å². The maximum absolute atomic E-state index is 13.6. The van der Waals surface area contributed by atoms with Crippen molar-refractivity contribution >= 4 is 28.2 Å². The lowest BCUT2D eigenvalue weighted by molar-refractivity contribution is -0.136. The largest absolute Gasteiger partial charge is 0.375 e. The summed E-state index contributed by atoms with van der Waals surface area (Å²) in [4.78, 5) is 28.7. The number of amides is 1. The number of benzene rings is 4. The molecular weight excluding hydrogens is 410 g/mol. The van der Waals surface area contributed by atoms with Crippen LogP contribution in [0.1, 0.15) is 39.0 Å². The molecule has 33 heavy (non-hydrogen) atoms. The van der Waals surface area contributed by atoms with Gasteiger partial charge in [-0.2, -0.15) is 0 Å². The highest BCUT2D eigenvalue weighted by molar-refractivity contribution is 6.13. The van der Waals surface area contributed by atoms with Gasteiger partial charge in [0.25, 0.3) is 5.91 Å². The Balaban J connectivity index is 1.53. The van der Waals surface area contributed by atoms with Crippen LogP contribution in [-0.4, -0.2) is 16.8 Å². The van der Waals surface area contributed by atoms with Crippen LogP contribution in [0.5, 0.6) is 0 Å². The molecule has 0 unspecified atom stereocenters. The number of nitrogens with zero attached hydrogens (tertiary/aromatic N) is 1. The molecule has 1 aliphatic heterocycles. The molecule has 4 nitrogen and oxygen atoms in total. The summed E-state index contributed by atoms with van der Waals surface area (Å²) in [7, 11) is 0. The van der Waals surface area contributed by atoms with Crippen molar-refractivity contribution in [1.29, 1.82) is 0 Å². The molecule has 4 heteroatoms. The van der Waals surface area contributed by atoms with E-state index in [0.29, 0.717) is 23.4 Å². The van der Waals surface area contributed by atoms with Crippen molar-refractivity contribution in [3.63, 3.8) is 0 Å². The minimum absolute atomic E-state index is 0.258. The summed E-state index contributed by atoms with van der Waals surface area (Å²) in [6.07, 6.45) is -0.305. The summed E-state index contributed by atoms with van der Waals surface area (Å²) in [6, 6.07) is 26.5. The minimum atomic E-state index is -1.90. The lowest BCUT2D eigenvalue weighted by Gasteiger charge is -2.23. The maximum Gasteiger partial charge on any atom is 0.264 e. The predicted octanol–water partition coefficient (Wildman–Crippen LogP) is 5.46. The van der Waals surface area contributed by atoms with Gasteiger partial charge >= 0.3 is 0 Å². The van der Waals surface area contributed by atoms with E-state index in [1.165, 1.54) is 0 Å². The van der Waals surface area contributed by atoms with Crippen LogP contribution in [-0.2, 0) is 16.9 Å². The Hall–Kier alpha value is -3.76. The number of Topliss-reactive ketones (excluding diaryl/α,β-unsaturated/α-hetero) is 1. The number of rotatable bonds is 5. The van der Waals surface area contributed by atoms with Crippen molar-refractivity contribution in [3.8, 4) is 0 Å². The van der Waals surface area contributed by atoms with E-state index in [2.05, 4.69) is 6.07 Å². The van der Waals surface area contributed by atoms with Crippen molar-refractivity contribution in [2.24, 2.45) is 0 Å². The van der Waals surface area contributed by atoms with E-state index < -0.39 is 11.5 Å². The Morgan fingerprint density at radius 2 is 1.64 bits per heavy atom. The molecule has 1 aliphatic rings. The molecule has 0 bridgehead atoms. The lowest BCUT2D eigenvalue weighted by atomic mass is 9.87. The summed E-state index contributed by atoms with van der Waals surface area (Å²) < 4.78 is 0. The van der Waals surface area contributed by atoms with Crippen LogP contribution in [0.4, 0.5) is 5.69 Å². The molecule has 1 amide bonds. The number of aryl methyl sites for hydroxylation is 2. The Labute approximate surface area is 193 Å². The van der Waals surface area contributed by atoms with Crippen LogP contribution >= 0.6 is 0 Å². The van der Waals surface area contributed by atoms with E-state index in [1.807, 2.05) is 74.5 Å². The van der Waals surface area contributed by atoms with Gasteiger partial charge in [-0.1, -0.05) is 84.4 Å². The summed E-state index contributed by atoms with van der Waals surface area (Å²) in [5, 5.41) is 13.4. The first-order valence-corrected chi connectivity index (χ1v) is 11.1. The smallest absolute Gasteiger partial charge is 0.264 e. The Morgan fingerprint density at radius 3 is 2.48 bits per heavy atom. The first-order chi connectivity index (χ1) is 15.9. The molecule has 0 fully saturated rings. The molecule has 0 aromatic heterocycles. The highest BCUT2D eigenvalue weighted by Crippen LogP contribution is 2.44. The molecule has 4 aromatic carbocycles. The second-order valence-electron chi connectivity index (χ2n) is 8.83. The van der Waals surface area contributed by atoms with Gasteiger partial charge in [-0.15, -0.1) is 0 Å². The lowest BCUT2D eigenvalue weighted by Crippen LogP contribution is -2.41. The van der Waals surface area contributed by atoms with Gasteiger partial charge in [-0.25, -0.2) is 0 Å². The highest BCUT2D eigenvalue weighted by atomic mass is 16.3. The Morgan fingerprint density at radius 1 is 0.909 bits per heavy atom. The number of hydrogen-bond donors (Lipinski definition) is 1. The topological polar surface area (TPSA) is 57.6 Å². The van der Waals surface area contributed by atoms with Gasteiger partial charge < -0.3 is 10.0 Å². The summed E-state index contributed by atoms with van der Waals surface area (Å²) >= 11 is 0. The summed E-state index contributed by atoms with van der Waals surface area (Å²) in [5.74, 6) is -0.718. The number of aliphatic hydroxyl groups is 1. The van der Waals surface area contributed by atoms with Gasteiger partial charge in [-0.3, -0.25) is 9.59 Å². The monoisotopic (exact) mass is 435 g/mol. The van der Waals surface area contributed by atoms with Gasteiger partial charge in [0.15, 0.2) is 11.4 Å². The Bertz CT molecular complexity index is 1400. The number of hydrogen-bond acceptors (Lipinski definition) is 3. The first-order valence-electron chi connectivity index (χ1n) is 11.1. The SMILES string of the molecule is Cc1ccc(C)c(CN2C(=O)[C@@](O)(CC(=O)c3cccc4ccccc34)c3ccccc32)c1. The van der Waals surface area contributed by atoms with E-state index >= 15 is 0 Å². The second kappa shape index (κ2) is 7.98. The zero-order chi connectivity index (χ0) is 23.2. The van der Waals surface area contributed by atoms with Crippen molar-refractivity contribution in [3.05, 3.63) is 113 Å². The van der Waals surface area contributed by atoms with Crippen molar-refractivity contribution in [1.82, 2.24) is 0 Å². The van der Waals surface area contributed by atoms with E-state index in [1.54, 1.807) is 23.1 Å². The normalized spacial score (nSPS) is 17.4.